The van der Waals surface area contributed by atoms with Crippen LogP contribution in [0.4, 0.5) is 0 Å². The van der Waals surface area contributed by atoms with Crippen molar-refractivity contribution in [3.05, 3.63) is 34.9 Å². The van der Waals surface area contributed by atoms with E-state index in [2.05, 4.69) is 0 Å². The van der Waals surface area contributed by atoms with Gasteiger partial charge in [0.15, 0.2) is 12.4 Å². The quantitative estimate of drug-likeness (QED) is 0.490. The molecule has 2 rings (SSSR count). The van der Waals surface area contributed by atoms with Gasteiger partial charge in [-0.1, -0.05) is 6.92 Å². The highest BCUT2D eigenvalue weighted by atomic mass is 16.7. The van der Waals surface area contributed by atoms with E-state index in [4.69, 9.17) is 19.3 Å². The van der Waals surface area contributed by atoms with Gasteiger partial charge in [0.1, 0.15) is 6.10 Å². The molecule has 0 bridgehead atoms. The summed E-state index contributed by atoms with van der Waals surface area (Å²) in [5, 5.41) is 37.9. The molecule has 148 valence electrons. The van der Waals surface area contributed by atoms with Crippen LogP contribution < -0.4 is 0 Å². The van der Waals surface area contributed by atoms with Crippen molar-refractivity contribution in [3.63, 3.8) is 0 Å². The van der Waals surface area contributed by atoms with Gasteiger partial charge in [-0.25, -0.2) is 14.4 Å². The molecule has 1 aliphatic rings. The van der Waals surface area contributed by atoms with E-state index in [-0.39, 0.29) is 17.7 Å². The van der Waals surface area contributed by atoms with E-state index in [1.54, 1.807) is 6.92 Å². The first-order valence-electron chi connectivity index (χ1n) is 8.00. The molecule has 4 N–H and O–H groups in total. The number of aliphatic hydroxyl groups is 2. The number of esters is 1. The van der Waals surface area contributed by atoms with Crippen molar-refractivity contribution >= 4 is 17.9 Å². The zero-order valence-electron chi connectivity index (χ0n) is 14.6. The second-order valence-corrected chi connectivity index (χ2v) is 6.05. The summed E-state index contributed by atoms with van der Waals surface area (Å²) in [6.07, 6.45) is -4.43. The Morgan fingerprint density at radius 3 is 2.33 bits per heavy atom. The number of hydrogen-bond acceptors (Lipinski definition) is 8. The summed E-state index contributed by atoms with van der Waals surface area (Å²) in [4.78, 5) is 34.9. The van der Waals surface area contributed by atoms with Crippen molar-refractivity contribution in [1.29, 1.82) is 0 Å². The first-order valence-corrected chi connectivity index (χ1v) is 8.00. The van der Waals surface area contributed by atoms with Crippen LogP contribution in [0.3, 0.4) is 0 Å². The molecule has 0 aromatic heterocycles. The van der Waals surface area contributed by atoms with Crippen LogP contribution >= 0.6 is 0 Å². The summed E-state index contributed by atoms with van der Waals surface area (Å²) in [6.45, 7) is 1.21. The molecule has 1 fully saturated rings. The molecule has 5 unspecified atom stereocenters. The Morgan fingerprint density at radius 1 is 1.15 bits per heavy atom. The number of rotatable bonds is 6. The SMILES string of the molecule is COC1OC(CO)C(C)C(O)C1OC(=O)c1ccc(C(=O)O)cc1C(=O)O. The highest BCUT2D eigenvalue weighted by Gasteiger charge is 2.45. The highest BCUT2D eigenvalue weighted by Crippen LogP contribution is 2.29. The molecule has 0 spiro atoms. The predicted molar refractivity (Wildman–Crippen MR) is 87.5 cm³/mol. The molecule has 27 heavy (non-hydrogen) atoms. The molecule has 1 aromatic rings. The fourth-order valence-corrected chi connectivity index (χ4v) is 2.80. The maximum Gasteiger partial charge on any atom is 0.339 e. The number of ether oxygens (including phenoxy) is 3. The zero-order chi connectivity index (χ0) is 20.3. The number of carboxylic acids is 2. The van der Waals surface area contributed by atoms with Crippen LogP contribution in [0.1, 0.15) is 38.0 Å². The van der Waals surface area contributed by atoms with Crippen molar-refractivity contribution < 1.29 is 49.0 Å². The van der Waals surface area contributed by atoms with Crippen LogP contribution in [-0.4, -0.2) is 76.7 Å². The molecule has 0 radical (unpaired) electrons. The fourth-order valence-electron chi connectivity index (χ4n) is 2.80. The van der Waals surface area contributed by atoms with Crippen LogP contribution in [-0.2, 0) is 14.2 Å². The first-order chi connectivity index (χ1) is 12.7. The maximum atomic E-state index is 12.5. The van der Waals surface area contributed by atoms with Crippen LogP contribution in [0.5, 0.6) is 0 Å². The van der Waals surface area contributed by atoms with Crippen molar-refractivity contribution in [2.45, 2.75) is 31.5 Å². The van der Waals surface area contributed by atoms with Crippen LogP contribution in [0.2, 0.25) is 0 Å². The smallest absolute Gasteiger partial charge is 0.339 e. The van der Waals surface area contributed by atoms with Gasteiger partial charge >= 0.3 is 17.9 Å². The number of aromatic carboxylic acids is 2. The van der Waals surface area contributed by atoms with Gasteiger partial charge in [0, 0.05) is 13.0 Å². The van der Waals surface area contributed by atoms with Crippen LogP contribution in [0.15, 0.2) is 18.2 Å². The minimum atomic E-state index is -1.51. The minimum Gasteiger partial charge on any atom is -0.478 e. The average Bonchev–Trinajstić information content (AvgIpc) is 2.65. The standard InChI is InChI=1S/C17H20O10/c1-7-11(6-18)26-17(25-2)13(12(7)19)27-16(24)9-4-3-8(14(20)21)5-10(9)15(22)23/h3-5,7,11-13,17-19H,6H2,1-2H3,(H,20,21)(H,22,23). The Kier molecular flexibility index (Phi) is 6.50. The van der Waals surface area contributed by atoms with Gasteiger partial charge in [-0.3, -0.25) is 0 Å². The van der Waals surface area contributed by atoms with Crippen LogP contribution in [0, 0.1) is 5.92 Å². The van der Waals surface area contributed by atoms with E-state index in [1.807, 2.05) is 0 Å². The lowest BCUT2D eigenvalue weighted by atomic mass is 9.91. The van der Waals surface area contributed by atoms with Crippen molar-refractivity contribution in [3.8, 4) is 0 Å². The summed E-state index contributed by atoms with van der Waals surface area (Å²) < 4.78 is 15.7. The lowest BCUT2D eigenvalue weighted by Gasteiger charge is -2.41. The Labute approximate surface area is 153 Å². The summed E-state index contributed by atoms with van der Waals surface area (Å²) in [5.41, 5.74) is -1.24. The second-order valence-electron chi connectivity index (χ2n) is 6.05. The molecule has 0 amide bonds. The molecule has 5 atom stereocenters. The molecular weight excluding hydrogens is 364 g/mol. The van der Waals surface area contributed by atoms with E-state index in [1.165, 1.54) is 7.11 Å². The van der Waals surface area contributed by atoms with E-state index < -0.39 is 54.0 Å². The zero-order valence-corrected chi connectivity index (χ0v) is 14.6. The predicted octanol–water partition coefficient (Wildman–Crippen LogP) is -0.0310. The molecular formula is C17H20O10. The summed E-state index contributed by atoms with van der Waals surface area (Å²) in [5.74, 6) is -4.54. The van der Waals surface area contributed by atoms with Crippen LogP contribution in [0.25, 0.3) is 0 Å². The third kappa shape index (κ3) is 4.25. The van der Waals surface area contributed by atoms with Gasteiger partial charge in [-0.2, -0.15) is 0 Å². The van der Waals surface area contributed by atoms with E-state index in [0.717, 1.165) is 18.2 Å². The lowest BCUT2D eigenvalue weighted by Crippen LogP contribution is -2.56. The average molecular weight is 384 g/mol. The van der Waals surface area contributed by atoms with E-state index in [9.17, 15) is 29.7 Å². The van der Waals surface area contributed by atoms with Crippen molar-refractivity contribution in [1.82, 2.24) is 0 Å². The second kappa shape index (κ2) is 8.44. The number of carboxylic acid groups (broad SMARTS) is 2. The van der Waals surface area contributed by atoms with Gasteiger partial charge in [-0.05, 0) is 18.2 Å². The van der Waals surface area contributed by atoms with E-state index in [0.29, 0.717) is 0 Å². The topological polar surface area (TPSA) is 160 Å². The van der Waals surface area contributed by atoms with Gasteiger partial charge < -0.3 is 34.6 Å². The van der Waals surface area contributed by atoms with Crippen molar-refractivity contribution in [2.24, 2.45) is 5.92 Å². The fraction of sp³-hybridized carbons (Fsp3) is 0.471. The van der Waals surface area contributed by atoms with E-state index >= 15 is 0 Å². The summed E-state index contributed by atoms with van der Waals surface area (Å²) in [7, 11) is 1.26. The first kappa shape index (κ1) is 20.8. The summed E-state index contributed by atoms with van der Waals surface area (Å²) in [6, 6.07) is 2.93. The third-order valence-corrected chi connectivity index (χ3v) is 4.41. The molecule has 1 aliphatic heterocycles. The summed E-state index contributed by atoms with van der Waals surface area (Å²) >= 11 is 0. The molecule has 1 saturated heterocycles. The highest BCUT2D eigenvalue weighted by molar-refractivity contribution is 6.04. The van der Waals surface area contributed by atoms with Gasteiger partial charge in [0.05, 0.1) is 29.4 Å². The minimum absolute atomic E-state index is 0.306. The molecule has 1 heterocycles. The molecule has 10 nitrogen and oxygen atoms in total. The number of carbonyl (C=O) groups is 3. The number of benzene rings is 1. The van der Waals surface area contributed by atoms with Gasteiger partial charge in [0.25, 0.3) is 0 Å². The Bertz CT molecular complexity index is 728. The molecule has 0 aliphatic carbocycles. The van der Waals surface area contributed by atoms with Crippen molar-refractivity contribution in [2.75, 3.05) is 13.7 Å². The Balaban J connectivity index is 2.30. The third-order valence-electron chi connectivity index (χ3n) is 4.41. The molecule has 10 heteroatoms. The number of hydrogen-bond donors (Lipinski definition) is 4. The Morgan fingerprint density at radius 2 is 1.81 bits per heavy atom. The number of carbonyl (C=O) groups excluding carboxylic acids is 1. The molecule has 1 aromatic carbocycles. The number of aliphatic hydroxyl groups excluding tert-OH is 2. The van der Waals surface area contributed by atoms with Gasteiger partial charge in [0.2, 0.25) is 0 Å². The van der Waals surface area contributed by atoms with Gasteiger partial charge in [-0.15, -0.1) is 0 Å². The maximum absolute atomic E-state index is 12.5. The number of methoxy groups -OCH3 is 1. The largest absolute Gasteiger partial charge is 0.478 e. The molecule has 0 saturated carbocycles. The monoisotopic (exact) mass is 384 g/mol. The Hall–Kier alpha value is -2.53. The normalized spacial score (nSPS) is 27.8. The lowest BCUT2D eigenvalue weighted by molar-refractivity contribution is -0.279.